The van der Waals surface area contributed by atoms with Crippen molar-refractivity contribution in [3.8, 4) is 44.3 Å². The molecule has 3 nitrogen and oxygen atoms in total. The molecule has 0 unspecified atom stereocenters. The van der Waals surface area contributed by atoms with Gasteiger partial charge < -0.3 is 4.42 Å². The highest BCUT2D eigenvalue weighted by molar-refractivity contribution is 7.21. The summed E-state index contributed by atoms with van der Waals surface area (Å²) in [6, 6.07) is 46.4. The molecule has 40 heavy (non-hydrogen) atoms. The Bertz CT molecular complexity index is 2000. The van der Waals surface area contributed by atoms with E-state index in [0.717, 1.165) is 54.7 Å². The molecule has 0 amide bonds. The van der Waals surface area contributed by atoms with Crippen LogP contribution in [0.15, 0.2) is 138 Å². The smallest absolute Gasteiger partial charge is 0.227 e. The van der Waals surface area contributed by atoms with Crippen LogP contribution in [-0.4, -0.2) is 9.97 Å². The molecule has 0 aliphatic carbocycles. The number of thiazole rings is 1. The Balaban J connectivity index is 1.11. The van der Waals surface area contributed by atoms with Crippen LogP contribution in [0.5, 0.6) is 0 Å². The normalized spacial score (nSPS) is 11.5. The Hall–Kier alpha value is -5.06. The zero-order chi connectivity index (χ0) is 26.5. The molecule has 0 saturated carbocycles. The Morgan fingerprint density at radius 1 is 0.450 bits per heavy atom. The van der Waals surface area contributed by atoms with Crippen LogP contribution in [0.4, 0.5) is 0 Å². The molecule has 8 aromatic rings. The van der Waals surface area contributed by atoms with E-state index < -0.39 is 0 Å². The fourth-order valence-electron chi connectivity index (χ4n) is 5.23. The summed E-state index contributed by atoms with van der Waals surface area (Å²) in [6.07, 6.45) is 0. The van der Waals surface area contributed by atoms with E-state index in [1.54, 1.807) is 11.3 Å². The summed E-state index contributed by atoms with van der Waals surface area (Å²) in [5.41, 5.74) is 9.47. The number of fused-ring (bicyclic) bond motifs is 3. The highest BCUT2D eigenvalue weighted by Crippen LogP contribution is 2.35. The van der Waals surface area contributed by atoms with Crippen LogP contribution in [0.25, 0.3) is 76.4 Å². The highest BCUT2D eigenvalue weighted by Gasteiger charge is 2.12. The van der Waals surface area contributed by atoms with Crippen molar-refractivity contribution in [2.24, 2.45) is 0 Å². The lowest BCUT2D eigenvalue weighted by molar-refractivity contribution is 0.620. The topological polar surface area (TPSA) is 38.9 Å². The van der Waals surface area contributed by atoms with Crippen molar-refractivity contribution in [1.82, 2.24) is 9.97 Å². The first-order valence-electron chi connectivity index (χ1n) is 13.2. The molecule has 0 N–H and O–H groups in total. The zero-order valence-corrected chi connectivity index (χ0v) is 22.2. The Morgan fingerprint density at radius 3 is 1.77 bits per heavy atom. The van der Waals surface area contributed by atoms with Crippen LogP contribution < -0.4 is 0 Å². The number of hydrogen-bond donors (Lipinski definition) is 0. The van der Waals surface area contributed by atoms with Gasteiger partial charge in [-0.05, 0) is 75.5 Å². The zero-order valence-electron chi connectivity index (χ0n) is 21.4. The second kappa shape index (κ2) is 9.30. The fraction of sp³-hybridized carbons (Fsp3) is 0. The summed E-state index contributed by atoms with van der Waals surface area (Å²) in [5.74, 6) is 0.631. The Labute approximate surface area is 235 Å². The van der Waals surface area contributed by atoms with Crippen LogP contribution in [0.3, 0.4) is 0 Å². The van der Waals surface area contributed by atoms with Gasteiger partial charge in [0.15, 0.2) is 5.58 Å². The minimum absolute atomic E-state index is 0.631. The van der Waals surface area contributed by atoms with Gasteiger partial charge in [-0.1, -0.05) is 91.0 Å². The average Bonchev–Trinajstić information content (AvgIpc) is 3.65. The first-order valence-corrected chi connectivity index (χ1v) is 14.1. The predicted octanol–water partition coefficient (Wildman–Crippen LogP) is 10.3. The van der Waals surface area contributed by atoms with E-state index in [-0.39, 0.29) is 0 Å². The standard InChI is InChI=1S/C36H22N2OS/c1-3-7-23(8-4-1)27-15-17-31-33(21-27)39-35(37-31)29-13-11-26-20-30(14-12-25(26)19-29)36-38-32-18-16-28(22-34(32)40-36)24-9-5-2-6-10-24/h1-22H. The van der Waals surface area contributed by atoms with E-state index in [9.17, 15) is 0 Å². The number of rotatable bonds is 4. The maximum atomic E-state index is 6.21. The summed E-state index contributed by atoms with van der Waals surface area (Å²) in [4.78, 5) is 9.70. The molecule has 0 aliphatic rings. The minimum Gasteiger partial charge on any atom is -0.436 e. The maximum absolute atomic E-state index is 6.21. The monoisotopic (exact) mass is 530 g/mol. The molecule has 0 atom stereocenters. The van der Waals surface area contributed by atoms with Crippen LogP contribution in [0.2, 0.25) is 0 Å². The third-order valence-electron chi connectivity index (χ3n) is 7.33. The van der Waals surface area contributed by atoms with Crippen LogP contribution in [0.1, 0.15) is 0 Å². The largest absolute Gasteiger partial charge is 0.436 e. The highest BCUT2D eigenvalue weighted by atomic mass is 32.1. The Kier molecular flexibility index (Phi) is 5.32. The molecule has 8 rings (SSSR count). The van der Waals surface area contributed by atoms with Crippen molar-refractivity contribution in [3.05, 3.63) is 133 Å². The van der Waals surface area contributed by atoms with Crippen molar-refractivity contribution in [2.45, 2.75) is 0 Å². The summed E-state index contributed by atoms with van der Waals surface area (Å²) >= 11 is 1.73. The van der Waals surface area contributed by atoms with E-state index in [2.05, 4.69) is 103 Å². The lowest BCUT2D eigenvalue weighted by Crippen LogP contribution is -1.81. The van der Waals surface area contributed by atoms with Gasteiger partial charge in [-0.2, -0.15) is 0 Å². The third-order valence-corrected chi connectivity index (χ3v) is 8.39. The van der Waals surface area contributed by atoms with Crippen LogP contribution in [0, 0.1) is 0 Å². The number of hydrogen-bond acceptors (Lipinski definition) is 4. The van der Waals surface area contributed by atoms with Crippen molar-refractivity contribution >= 4 is 43.4 Å². The van der Waals surface area contributed by atoms with Crippen molar-refractivity contribution < 1.29 is 4.42 Å². The fourth-order valence-corrected chi connectivity index (χ4v) is 6.23. The molecular weight excluding hydrogens is 508 g/mol. The van der Waals surface area contributed by atoms with Gasteiger partial charge >= 0.3 is 0 Å². The summed E-state index contributed by atoms with van der Waals surface area (Å²) in [5, 5.41) is 3.33. The maximum Gasteiger partial charge on any atom is 0.227 e. The average molecular weight is 531 g/mol. The van der Waals surface area contributed by atoms with E-state index >= 15 is 0 Å². The van der Waals surface area contributed by atoms with Crippen molar-refractivity contribution in [2.75, 3.05) is 0 Å². The number of aromatic nitrogens is 2. The van der Waals surface area contributed by atoms with Gasteiger partial charge in [0.05, 0.1) is 10.2 Å². The summed E-state index contributed by atoms with van der Waals surface area (Å²) < 4.78 is 7.41. The quantitative estimate of drug-likeness (QED) is 0.227. The predicted molar refractivity (Wildman–Crippen MR) is 166 cm³/mol. The molecule has 2 aromatic heterocycles. The molecule has 0 fully saturated rings. The molecule has 4 heteroatoms. The van der Waals surface area contributed by atoms with Gasteiger partial charge in [-0.15, -0.1) is 11.3 Å². The van der Waals surface area contributed by atoms with E-state index in [0.29, 0.717) is 5.89 Å². The van der Waals surface area contributed by atoms with Gasteiger partial charge in [-0.25, -0.2) is 9.97 Å². The second-order valence-corrected chi connectivity index (χ2v) is 10.9. The van der Waals surface area contributed by atoms with Crippen LogP contribution >= 0.6 is 11.3 Å². The molecular formula is C36H22N2OS. The molecule has 188 valence electrons. The third kappa shape index (κ3) is 4.06. The summed E-state index contributed by atoms with van der Waals surface area (Å²) in [7, 11) is 0. The first kappa shape index (κ1) is 22.9. The number of nitrogens with zero attached hydrogens (tertiary/aromatic N) is 2. The van der Waals surface area contributed by atoms with Gasteiger partial charge in [0.25, 0.3) is 0 Å². The lowest BCUT2D eigenvalue weighted by atomic mass is 10.0. The van der Waals surface area contributed by atoms with Gasteiger partial charge in [0.2, 0.25) is 5.89 Å². The molecule has 0 spiro atoms. The van der Waals surface area contributed by atoms with Crippen molar-refractivity contribution in [3.63, 3.8) is 0 Å². The number of oxazole rings is 1. The minimum atomic E-state index is 0.631. The molecule has 0 aliphatic heterocycles. The van der Waals surface area contributed by atoms with Crippen molar-refractivity contribution in [1.29, 1.82) is 0 Å². The van der Waals surface area contributed by atoms with Gasteiger partial charge in [0, 0.05) is 11.1 Å². The molecule has 0 saturated heterocycles. The SMILES string of the molecule is c1ccc(-c2ccc3nc(-c4ccc5cc(-c6nc7ccc(-c8ccccc8)cc7s6)ccc5c4)oc3c2)cc1. The van der Waals surface area contributed by atoms with Gasteiger partial charge in [-0.3, -0.25) is 0 Å². The first-order chi connectivity index (χ1) is 19.8. The van der Waals surface area contributed by atoms with E-state index in [4.69, 9.17) is 14.4 Å². The van der Waals surface area contributed by atoms with Crippen LogP contribution in [-0.2, 0) is 0 Å². The molecule has 0 radical (unpaired) electrons. The Morgan fingerprint density at radius 2 is 1.05 bits per heavy atom. The molecule has 6 aromatic carbocycles. The molecule has 0 bridgehead atoms. The summed E-state index contributed by atoms with van der Waals surface area (Å²) in [6.45, 7) is 0. The molecule has 2 heterocycles. The van der Waals surface area contributed by atoms with E-state index in [1.165, 1.54) is 15.8 Å². The number of benzene rings is 6. The second-order valence-electron chi connectivity index (χ2n) is 9.91. The van der Waals surface area contributed by atoms with E-state index in [1.807, 2.05) is 30.3 Å². The van der Waals surface area contributed by atoms with Gasteiger partial charge in [0.1, 0.15) is 10.5 Å². The lowest BCUT2D eigenvalue weighted by Gasteiger charge is -2.03.